The molecule has 0 saturated carbocycles. The molecule has 0 spiro atoms. The van der Waals surface area contributed by atoms with Crippen LogP contribution in [0.3, 0.4) is 0 Å². The SMILES string of the molecule is CCC(C)Oc1c(Cl)cc(CNCc2cnc(C)cn2)cc1OC. The minimum absolute atomic E-state index is 0.0838. The van der Waals surface area contributed by atoms with E-state index in [0.717, 1.165) is 23.4 Å². The van der Waals surface area contributed by atoms with E-state index in [2.05, 4.69) is 22.2 Å². The first-order valence-electron chi connectivity index (χ1n) is 8.04. The molecule has 6 heteroatoms. The summed E-state index contributed by atoms with van der Waals surface area (Å²) in [4.78, 5) is 8.55. The topological polar surface area (TPSA) is 56.3 Å². The van der Waals surface area contributed by atoms with Crippen LogP contribution < -0.4 is 14.8 Å². The maximum Gasteiger partial charge on any atom is 0.180 e. The molecule has 1 aromatic carbocycles. The van der Waals surface area contributed by atoms with Crippen molar-refractivity contribution in [2.45, 2.75) is 46.4 Å². The van der Waals surface area contributed by atoms with Gasteiger partial charge >= 0.3 is 0 Å². The van der Waals surface area contributed by atoms with Crippen LogP contribution >= 0.6 is 11.6 Å². The molecule has 0 fully saturated rings. The van der Waals surface area contributed by atoms with Crippen molar-refractivity contribution in [3.05, 3.63) is 46.5 Å². The highest BCUT2D eigenvalue weighted by atomic mass is 35.5. The molecule has 0 aliphatic carbocycles. The van der Waals surface area contributed by atoms with Gasteiger partial charge in [-0.25, -0.2) is 0 Å². The molecule has 0 saturated heterocycles. The van der Waals surface area contributed by atoms with Gasteiger partial charge in [0.2, 0.25) is 0 Å². The Morgan fingerprint density at radius 2 is 2.00 bits per heavy atom. The second-order valence-electron chi connectivity index (χ2n) is 5.70. The molecule has 1 aromatic heterocycles. The molecule has 0 aliphatic heterocycles. The second kappa shape index (κ2) is 8.85. The maximum atomic E-state index is 6.37. The summed E-state index contributed by atoms with van der Waals surface area (Å²) in [5, 5.41) is 3.89. The highest BCUT2D eigenvalue weighted by Gasteiger charge is 2.14. The predicted octanol–water partition coefficient (Wildman–Crippen LogP) is 3.91. The molecule has 0 amide bonds. The summed E-state index contributed by atoms with van der Waals surface area (Å²) in [5.41, 5.74) is 2.83. The number of hydrogen-bond acceptors (Lipinski definition) is 5. The van der Waals surface area contributed by atoms with Gasteiger partial charge in [0.1, 0.15) is 0 Å². The van der Waals surface area contributed by atoms with Crippen molar-refractivity contribution in [1.82, 2.24) is 15.3 Å². The van der Waals surface area contributed by atoms with Crippen LogP contribution in [0.2, 0.25) is 5.02 Å². The van der Waals surface area contributed by atoms with Crippen molar-refractivity contribution in [1.29, 1.82) is 0 Å². The molecule has 2 rings (SSSR count). The molecule has 130 valence electrons. The summed E-state index contributed by atoms with van der Waals surface area (Å²) in [6.45, 7) is 7.28. The number of ether oxygens (including phenoxy) is 2. The fourth-order valence-corrected chi connectivity index (χ4v) is 2.40. The predicted molar refractivity (Wildman–Crippen MR) is 95.7 cm³/mol. The van der Waals surface area contributed by atoms with Crippen LogP contribution in [-0.4, -0.2) is 23.2 Å². The Kier molecular flexibility index (Phi) is 6.82. The normalized spacial score (nSPS) is 12.0. The molecule has 1 heterocycles. The lowest BCUT2D eigenvalue weighted by atomic mass is 10.2. The number of nitrogens with one attached hydrogen (secondary N) is 1. The van der Waals surface area contributed by atoms with Gasteiger partial charge in [0, 0.05) is 25.5 Å². The molecule has 1 atom stereocenters. The molecular weight excluding hydrogens is 326 g/mol. The van der Waals surface area contributed by atoms with Gasteiger partial charge in [0.25, 0.3) is 0 Å². The number of rotatable bonds is 8. The summed E-state index contributed by atoms with van der Waals surface area (Å²) < 4.78 is 11.3. The highest BCUT2D eigenvalue weighted by Crippen LogP contribution is 2.37. The number of methoxy groups -OCH3 is 1. The molecule has 5 nitrogen and oxygen atoms in total. The van der Waals surface area contributed by atoms with E-state index in [1.165, 1.54) is 0 Å². The average Bonchev–Trinajstić information content (AvgIpc) is 2.58. The van der Waals surface area contributed by atoms with Crippen LogP contribution in [0.15, 0.2) is 24.5 Å². The number of halogens is 1. The molecule has 1 unspecified atom stereocenters. The van der Waals surface area contributed by atoms with Crippen molar-refractivity contribution in [3.63, 3.8) is 0 Å². The van der Waals surface area contributed by atoms with Gasteiger partial charge in [-0.3, -0.25) is 9.97 Å². The Labute approximate surface area is 148 Å². The van der Waals surface area contributed by atoms with Crippen LogP contribution in [0.1, 0.15) is 37.2 Å². The van der Waals surface area contributed by atoms with Crippen LogP contribution in [0, 0.1) is 6.92 Å². The number of nitrogens with zero attached hydrogens (tertiary/aromatic N) is 2. The number of aromatic nitrogens is 2. The first-order valence-corrected chi connectivity index (χ1v) is 8.42. The van der Waals surface area contributed by atoms with E-state index in [0.29, 0.717) is 29.6 Å². The van der Waals surface area contributed by atoms with Crippen LogP contribution in [-0.2, 0) is 13.1 Å². The van der Waals surface area contributed by atoms with Gasteiger partial charge in [0.15, 0.2) is 11.5 Å². The van der Waals surface area contributed by atoms with Crippen molar-refractivity contribution in [2.75, 3.05) is 7.11 Å². The third-order valence-electron chi connectivity index (χ3n) is 3.65. The second-order valence-corrected chi connectivity index (χ2v) is 6.11. The molecular formula is C18H24ClN3O2. The van der Waals surface area contributed by atoms with Gasteiger partial charge in [-0.15, -0.1) is 0 Å². The van der Waals surface area contributed by atoms with Crippen LogP contribution in [0.5, 0.6) is 11.5 Å². The largest absolute Gasteiger partial charge is 0.493 e. The van der Waals surface area contributed by atoms with E-state index in [4.69, 9.17) is 21.1 Å². The average molecular weight is 350 g/mol. The lowest BCUT2D eigenvalue weighted by Crippen LogP contribution is -2.15. The third kappa shape index (κ3) is 5.08. The minimum atomic E-state index is 0.0838. The maximum absolute atomic E-state index is 6.37. The smallest absolute Gasteiger partial charge is 0.180 e. The van der Waals surface area contributed by atoms with Crippen molar-refractivity contribution in [2.24, 2.45) is 0 Å². The Morgan fingerprint density at radius 3 is 2.62 bits per heavy atom. The number of aryl methyl sites for hydroxylation is 1. The highest BCUT2D eigenvalue weighted by molar-refractivity contribution is 6.32. The third-order valence-corrected chi connectivity index (χ3v) is 3.93. The quantitative estimate of drug-likeness (QED) is 0.783. The Bertz CT molecular complexity index is 662. The zero-order valence-electron chi connectivity index (χ0n) is 14.6. The van der Waals surface area contributed by atoms with E-state index < -0.39 is 0 Å². The van der Waals surface area contributed by atoms with E-state index in [1.54, 1.807) is 19.5 Å². The molecule has 0 bridgehead atoms. The van der Waals surface area contributed by atoms with Crippen LogP contribution in [0.4, 0.5) is 0 Å². The first kappa shape index (κ1) is 18.5. The molecule has 24 heavy (non-hydrogen) atoms. The molecule has 2 aromatic rings. The first-order chi connectivity index (χ1) is 11.5. The number of benzene rings is 1. The van der Waals surface area contributed by atoms with Crippen molar-refractivity contribution >= 4 is 11.6 Å². The van der Waals surface area contributed by atoms with Crippen LogP contribution in [0.25, 0.3) is 0 Å². The standard InChI is InChI=1S/C18H24ClN3O2/c1-5-13(3)24-18-16(19)6-14(7-17(18)23-4)9-20-10-15-11-21-12(2)8-22-15/h6-8,11,13,20H,5,9-10H2,1-4H3. The lowest BCUT2D eigenvalue weighted by molar-refractivity contribution is 0.207. The van der Waals surface area contributed by atoms with E-state index in [1.807, 2.05) is 26.0 Å². The Hall–Kier alpha value is -1.85. The van der Waals surface area contributed by atoms with E-state index >= 15 is 0 Å². The zero-order valence-corrected chi connectivity index (χ0v) is 15.4. The van der Waals surface area contributed by atoms with Gasteiger partial charge in [0.05, 0.1) is 29.6 Å². The summed E-state index contributed by atoms with van der Waals surface area (Å²) >= 11 is 6.37. The van der Waals surface area contributed by atoms with Gasteiger partial charge in [-0.05, 0) is 38.0 Å². The summed E-state index contributed by atoms with van der Waals surface area (Å²) in [7, 11) is 1.62. The fraction of sp³-hybridized carbons (Fsp3) is 0.444. The molecule has 0 radical (unpaired) electrons. The molecule has 1 N–H and O–H groups in total. The number of hydrogen-bond donors (Lipinski definition) is 1. The summed E-state index contributed by atoms with van der Waals surface area (Å²) in [6.07, 6.45) is 4.53. The molecule has 0 aliphatic rings. The van der Waals surface area contributed by atoms with E-state index in [-0.39, 0.29) is 6.10 Å². The summed E-state index contributed by atoms with van der Waals surface area (Å²) in [5.74, 6) is 1.25. The van der Waals surface area contributed by atoms with E-state index in [9.17, 15) is 0 Å². The van der Waals surface area contributed by atoms with Crippen molar-refractivity contribution in [3.8, 4) is 11.5 Å². The van der Waals surface area contributed by atoms with Gasteiger partial charge in [-0.2, -0.15) is 0 Å². The van der Waals surface area contributed by atoms with Gasteiger partial charge in [-0.1, -0.05) is 18.5 Å². The lowest BCUT2D eigenvalue weighted by Gasteiger charge is -2.18. The monoisotopic (exact) mass is 349 g/mol. The fourth-order valence-electron chi connectivity index (χ4n) is 2.12. The van der Waals surface area contributed by atoms with Crippen molar-refractivity contribution < 1.29 is 9.47 Å². The van der Waals surface area contributed by atoms with Gasteiger partial charge < -0.3 is 14.8 Å². The zero-order chi connectivity index (χ0) is 17.5. The Morgan fingerprint density at radius 1 is 1.21 bits per heavy atom. The summed E-state index contributed by atoms with van der Waals surface area (Å²) in [6, 6.07) is 3.84. The Balaban J connectivity index is 2.02. The minimum Gasteiger partial charge on any atom is -0.493 e.